The van der Waals surface area contributed by atoms with E-state index < -0.39 is 11.4 Å². The Labute approximate surface area is 181 Å². The lowest BCUT2D eigenvalue weighted by atomic mass is 9.75. The first-order valence-corrected chi connectivity index (χ1v) is 10.9. The number of carbonyl (C=O) groups is 1. The fraction of sp³-hybridized carbons (Fsp3) is 0.400. The second-order valence-electron chi connectivity index (χ2n) is 9.57. The molecule has 0 saturated heterocycles. The number of carboxylic acid groups (broad SMARTS) is 1. The fourth-order valence-corrected chi connectivity index (χ4v) is 4.87. The predicted octanol–water partition coefficient (Wildman–Crippen LogP) is 4.42. The van der Waals surface area contributed by atoms with Crippen LogP contribution in [0.25, 0.3) is 22.4 Å². The van der Waals surface area contributed by atoms with Crippen LogP contribution < -0.4 is 5.43 Å². The number of rotatable bonds is 4. The average Bonchev–Trinajstić information content (AvgIpc) is 3.47. The highest BCUT2D eigenvalue weighted by molar-refractivity contribution is 5.88. The van der Waals surface area contributed by atoms with Crippen molar-refractivity contribution < 1.29 is 9.90 Å². The summed E-state index contributed by atoms with van der Waals surface area (Å²) in [5.41, 5.74) is 5.72. The van der Waals surface area contributed by atoms with Crippen LogP contribution in [0.2, 0.25) is 0 Å². The van der Waals surface area contributed by atoms with E-state index in [4.69, 9.17) is 0 Å². The maximum atomic E-state index is 12.6. The summed E-state index contributed by atoms with van der Waals surface area (Å²) >= 11 is 0. The van der Waals surface area contributed by atoms with Crippen molar-refractivity contribution >= 4 is 5.97 Å². The first kappa shape index (κ1) is 19.8. The highest BCUT2D eigenvalue weighted by atomic mass is 16.4. The van der Waals surface area contributed by atoms with Gasteiger partial charge in [-0.2, -0.15) is 5.10 Å². The van der Waals surface area contributed by atoms with Crippen LogP contribution in [0, 0.1) is 5.92 Å². The molecule has 6 heteroatoms. The maximum Gasteiger partial charge on any atom is 0.341 e. The number of aryl methyl sites for hydroxylation is 1. The molecule has 160 valence electrons. The van der Waals surface area contributed by atoms with Gasteiger partial charge in [0.2, 0.25) is 0 Å². The monoisotopic (exact) mass is 417 g/mol. The van der Waals surface area contributed by atoms with Crippen LogP contribution in [0.1, 0.15) is 61.0 Å². The number of aromatic nitrogens is 3. The van der Waals surface area contributed by atoms with Gasteiger partial charge in [-0.1, -0.05) is 13.8 Å². The van der Waals surface area contributed by atoms with E-state index in [9.17, 15) is 14.7 Å². The molecule has 0 amide bonds. The topological polar surface area (TPSA) is 77.1 Å². The van der Waals surface area contributed by atoms with Gasteiger partial charge >= 0.3 is 5.97 Å². The van der Waals surface area contributed by atoms with E-state index >= 15 is 0 Å². The lowest BCUT2D eigenvalue weighted by Crippen LogP contribution is -2.42. The van der Waals surface area contributed by atoms with Crippen molar-refractivity contribution in [2.45, 2.75) is 51.5 Å². The normalized spacial score (nSPS) is 19.9. The number of pyridine rings is 1. The third kappa shape index (κ3) is 3.04. The van der Waals surface area contributed by atoms with Crippen molar-refractivity contribution in [1.29, 1.82) is 0 Å². The van der Waals surface area contributed by atoms with Crippen molar-refractivity contribution in [3.8, 4) is 22.4 Å². The van der Waals surface area contributed by atoms with E-state index in [0.717, 1.165) is 23.2 Å². The lowest BCUT2D eigenvalue weighted by Gasteiger charge is -2.43. The molecule has 2 aromatic heterocycles. The Bertz CT molecular complexity index is 1280. The molecule has 2 aliphatic rings. The number of benzene rings is 1. The molecular weight excluding hydrogens is 390 g/mol. The second kappa shape index (κ2) is 6.67. The molecule has 0 spiro atoms. The molecule has 1 aliphatic heterocycles. The zero-order chi connectivity index (χ0) is 22.1. The van der Waals surface area contributed by atoms with Gasteiger partial charge in [0.05, 0.1) is 11.9 Å². The molecule has 3 aromatic rings. The molecule has 0 radical (unpaired) electrons. The van der Waals surface area contributed by atoms with Crippen LogP contribution >= 0.6 is 0 Å². The Hall–Kier alpha value is -3.15. The van der Waals surface area contributed by atoms with Crippen molar-refractivity contribution in [1.82, 2.24) is 14.3 Å². The SMILES string of the molecule is CC(C)C1(C)Cc2cc(-c3cnn(C)c3)c(C3CC3)cc2-c2cc(=O)c(C(=O)O)cn21. The highest BCUT2D eigenvalue weighted by Crippen LogP contribution is 2.49. The van der Waals surface area contributed by atoms with Gasteiger partial charge in [0.25, 0.3) is 0 Å². The molecule has 6 nitrogen and oxygen atoms in total. The van der Waals surface area contributed by atoms with Crippen molar-refractivity contribution in [3.05, 3.63) is 63.7 Å². The van der Waals surface area contributed by atoms with Crippen LogP contribution in [-0.4, -0.2) is 25.4 Å². The number of hydrogen-bond acceptors (Lipinski definition) is 3. The Kier molecular flexibility index (Phi) is 4.26. The number of carboxylic acids is 1. The summed E-state index contributed by atoms with van der Waals surface area (Å²) in [7, 11) is 1.93. The Morgan fingerprint density at radius 1 is 1.19 bits per heavy atom. The predicted molar refractivity (Wildman–Crippen MR) is 119 cm³/mol. The van der Waals surface area contributed by atoms with E-state index in [1.54, 1.807) is 6.20 Å². The quantitative estimate of drug-likeness (QED) is 0.682. The Morgan fingerprint density at radius 3 is 2.52 bits per heavy atom. The third-order valence-electron chi connectivity index (χ3n) is 7.21. The van der Waals surface area contributed by atoms with Crippen molar-refractivity contribution in [2.24, 2.45) is 13.0 Å². The van der Waals surface area contributed by atoms with Crippen LogP contribution in [0.3, 0.4) is 0 Å². The number of hydrogen-bond donors (Lipinski definition) is 1. The van der Waals surface area contributed by atoms with Gasteiger partial charge in [0, 0.05) is 42.2 Å². The van der Waals surface area contributed by atoms with Crippen molar-refractivity contribution in [2.75, 3.05) is 0 Å². The molecule has 1 fully saturated rings. The van der Waals surface area contributed by atoms with E-state index in [-0.39, 0.29) is 17.0 Å². The number of nitrogens with zero attached hydrogens (tertiary/aromatic N) is 3. The summed E-state index contributed by atoms with van der Waals surface area (Å²) in [5.74, 6) is -0.409. The minimum atomic E-state index is -1.18. The summed E-state index contributed by atoms with van der Waals surface area (Å²) < 4.78 is 3.86. The first-order chi connectivity index (χ1) is 14.7. The largest absolute Gasteiger partial charge is 0.477 e. The Morgan fingerprint density at radius 2 is 1.94 bits per heavy atom. The smallest absolute Gasteiger partial charge is 0.341 e. The molecule has 1 aliphatic carbocycles. The number of aromatic carboxylic acids is 1. The molecule has 1 aromatic carbocycles. The van der Waals surface area contributed by atoms with Gasteiger partial charge in [-0.05, 0) is 66.8 Å². The number of fused-ring (bicyclic) bond motifs is 3. The molecule has 1 saturated carbocycles. The zero-order valence-corrected chi connectivity index (χ0v) is 18.3. The van der Waals surface area contributed by atoms with E-state index in [2.05, 4.69) is 44.2 Å². The van der Waals surface area contributed by atoms with Gasteiger partial charge in [0.1, 0.15) is 5.56 Å². The summed E-state index contributed by atoms with van der Waals surface area (Å²) in [6, 6.07) is 6.03. The van der Waals surface area contributed by atoms with Gasteiger partial charge in [-0.25, -0.2) is 4.79 Å². The van der Waals surface area contributed by atoms with Gasteiger partial charge in [0.15, 0.2) is 5.43 Å². The fourth-order valence-electron chi connectivity index (χ4n) is 4.87. The molecule has 3 heterocycles. The molecule has 31 heavy (non-hydrogen) atoms. The van der Waals surface area contributed by atoms with Gasteiger partial charge in [-0.15, -0.1) is 0 Å². The Balaban J connectivity index is 1.80. The maximum absolute atomic E-state index is 12.6. The van der Waals surface area contributed by atoms with Gasteiger partial charge < -0.3 is 9.67 Å². The minimum Gasteiger partial charge on any atom is -0.477 e. The molecular formula is C25H27N3O3. The minimum absolute atomic E-state index is 0.173. The van der Waals surface area contributed by atoms with Crippen LogP contribution in [0.5, 0.6) is 0 Å². The summed E-state index contributed by atoms with van der Waals surface area (Å²) in [6.07, 6.45) is 8.62. The first-order valence-electron chi connectivity index (χ1n) is 10.9. The molecule has 1 unspecified atom stereocenters. The third-order valence-corrected chi connectivity index (χ3v) is 7.21. The average molecular weight is 418 g/mol. The zero-order valence-electron chi connectivity index (χ0n) is 18.3. The molecule has 0 bridgehead atoms. The summed E-state index contributed by atoms with van der Waals surface area (Å²) in [6.45, 7) is 6.45. The lowest BCUT2D eigenvalue weighted by molar-refractivity contribution is 0.0693. The van der Waals surface area contributed by atoms with E-state index in [0.29, 0.717) is 5.92 Å². The highest BCUT2D eigenvalue weighted by Gasteiger charge is 2.39. The van der Waals surface area contributed by atoms with Crippen molar-refractivity contribution in [3.63, 3.8) is 0 Å². The summed E-state index contributed by atoms with van der Waals surface area (Å²) in [5, 5.41) is 13.9. The van der Waals surface area contributed by atoms with E-state index in [1.165, 1.54) is 35.6 Å². The second-order valence-corrected chi connectivity index (χ2v) is 9.57. The molecule has 1 N–H and O–H groups in total. The van der Waals surface area contributed by atoms with Crippen LogP contribution in [-0.2, 0) is 19.0 Å². The summed E-state index contributed by atoms with van der Waals surface area (Å²) in [4.78, 5) is 24.3. The molecule has 1 atom stereocenters. The van der Waals surface area contributed by atoms with Gasteiger partial charge in [-0.3, -0.25) is 9.48 Å². The van der Waals surface area contributed by atoms with E-state index in [1.807, 2.05) is 22.5 Å². The van der Waals surface area contributed by atoms with Crippen LogP contribution in [0.15, 0.2) is 41.6 Å². The standard InChI is InChI=1S/C25H27N3O3/c1-14(2)25(3)10-16-7-18(17-11-26-27(4)12-17)19(15-5-6-15)8-20(16)22-9-23(29)21(24(30)31)13-28(22)25/h7-9,11-15H,5-6,10H2,1-4H3,(H,30,31). The van der Waals surface area contributed by atoms with Crippen LogP contribution in [0.4, 0.5) is 0 Å². The molecule has 5 rings (SSSR count).